The van der Waals surface area contributed by atoms with Gasteiger partial charge in [0.1, 0.15) is 0 Å². The molecule has 4 heteroatoms. The molecule has 1 aromatic rings. The van der Waals surface area contributed by atoms with E-state index in [9.17, 15) is 4.79 Å². The maximum absolute atomic E-state index is 12.4. The van der Waals surface area contributed by atoms with Gasteiger partial charge < -0.3 is 10.2 Å². The predicted molar refractivity (Wildman–Crippen MR) is 84.1 cm³/mol. The van der Waals surface area contributed by atoms with E-state index in [2.05, 4.69) is 29.6 Å². The molecule has 2 aliphatic rings. The van der Waals surface area contributed by atoms with Gasteiger partial charge in [-0.3, -0.25) is 4.79 Å². The molecule has 1 saturated heterocycles. The van der Waals surface area contributed by atoms with Crippen LogP contribution in [-0.2, 0) is 17.6 Å². The lowest BCUT2D eigenvalue weighted by Gasteiger charge is -2.28. The van der Waals surface area contributed by atoms with E-state index in [0.29, 0.717) is 18.5 Å². The molecule has 1 N–H and O–H groups in total. The predicted octanol–water partition coefficient (Wildman–Crippen LogP) is 1.71. The molecule has 3 rings (SSSR count). The first-order valence-electron chi connectivity index (χ1n) is 7.37. The number of benzene rings is 1. The monoisotopic (exact) mass is 290 g/mol. The molecule has 20 heavy (non-hydrogen) atoms. The van der Waals surface area contributed by atoms with Gasteiger partial charge in [-0.25, -0.2) is 0 Å². The first-order chi connectivity index (χ1) is 9.74. The summed E-state index contributed by atoms with van der Waals surface area (Å²) in [7, 11) is 1.97. The number of hydrogen-bond acceptors (Lipinski definition) is 3. The van der Waals surface area contributed by atoms with Crippen molar-refractivity contribution in [3.05, 3.63) is 35.4 Å². The van der Waals surface area contributed by atoms with Crippen LogP contribution >= 0.6 is 11.8 Å². The van der Waals surface area contributed by atoms with Crippen LogP contribution in [0.25, 0.3) is 0 Å². The van der Waals surface area contributed by atoms with Crippen molar-refractivity contribution in [2.45, 2.75) is 31.3 Å². The molecule has 108 valence electrons. The second kappa shape index (κ2) is 6.19. The molecular weight excluding hydrogens is 268 g/mol. The Bertz CT molecular complexity index is 460. The molecule has 1 unspecified atom stereocenters. The van der Waals surface area contributed by atoms with Gasteiger partial charge in [0.2, 0.25) is 5.91 Å². The van der Waals surface area contributed by atoms with E-state index in [1.807, 2.05) is 23.7 Å². The number of likely N-dealkylation sites (N-methyl/N-ethyl adjacent to an activating group) is 1. The van der Waals surface area contributed by atoms with Crippen molar-refractivity contribution in [2.24, 2.45) is 0 Å². The zero-order valence-electron chi connectivity index (χ0n) is 12.0. The third-order valence-corrected chi connectivity index (χ3v) is 5.52. The number of rotatable bonds is 3. The zero-order valence-corrected chi connectivity index (χ0v) is 12.8. The highest BCUT2D eigenvalue weighted by atomic mass is 32.2. The zero-order chi connectivity index (χ0) is 13.9. The summed E-state index contributed by atoms with van der Waals surface area (Å²) in [6.45, 7) is 1.03. The SMILES string of the molecule is CN(C(=O)CC1CSCCN1)C1Cc2ccccc2C1. The highest BCUT2D eigenvalue weighted by Gasteiger charge is 2.28. The Kier molecular flexibility index (Phi) is 4.32. The number of nitrogens with one attached hydrogen (secondary N) is 1. The third kappa shape index (κ3) is 3.01. The molecular formula is C16H22N2OS. The number of hydrogen-bond donors (Lipinski definition) is 1. The fourth-order valence-electron chi connectivity index (χ4n) is 3.12. The van der Waals surface area contributed by atoms with Crippen LogP contribution in [0.15, 0.2) is 24.3 Å². The van der Waals surface area contributed by atoms with Gasteiger partial charge in [-0.05, 0) is 24.0 Å². The quantitative estimate of drug-likeness (QED) is 0.920. The Morgan fingerprint density at radius 3 is 2.65 bits per heavy atom. The van der Waals surface area contributed by atoms with Crippen molar-refractivity contribution in [1.29, 1.82) is 0 Å². The topological polar surface area (TPSA) is 32.3 Å². The highest BCUT2D eigenvalue weighted by molar-refractivity contribution is 7.99. The van der Waals surface area contributed by atoms with Gasteiger partial charge >= 0.3 is 0 Å². The highest BCUT2D eigenvalue weighted by Crippen LogP contribution is 2.25. The Hall–Kier alpha value is -1.00. The number of carbonyl (C=O) groups is 1. The largest absolute Gasteiger partial charge is 0.342 e. The Morgan fingerprint density at radius 2 is 2.05 bits per heavy atom. The fourth-order valence-corrected chi connectivity index (χ4v) is 4.07. The maximum atomic E-state index is 12.4. The van der Waals surface area contributed by atoms with Gasteiger partial charge in [-0.2, -0.15) is 11.8 Å². The number of thioether (sulfide) groups is 1. The Balaban J connectivity index is 1.56. The van der Waals surface area contributed by atoms with Gasteiger partial charge in [0.05, 0.1) is 0 Å². The molecule has 1 fully saturated rings. The smallest absolute Gasteiger partial charge is 0.224 e. The van der Waals surface area contributed by atoms with E-state index >= 15 is 0 Å². The lowest BCUT2D eigenvalue weighted by atomic mass is 10.1. The minimum Gasteiger partial charge on any atom is -0.342 e. The number of fused-ring (bicyclic) bond motifs is 1. The molecule has 1 amide bonds. The molecule has 0 spiro atoms. The minimum absolute atomic E-state index is 0.280. The summed E-state index contributed by atoms with van der Waals surface area (Å²) in [4.78, 5) is 14.4. The second-order valence-electron chi connectivity index (χ2n) is 5.77. The number of nitrogens with zero attached hydrogens (tertiary/aromatic N) is 1. The molecule has 0 saturated carbocycles. The summed E-state index contributed by atoms with van der Waals surface area (Å²) in [5, 5.41) is 3.44. The average molecular weight is 290 g/mol. The number of carbonyl (C=O) groups excluding carboxylic acids is 1. The average Bonchev–Trinajstić information content (AvgIpc) is 2.91. The molecule has 0 bridgehead atoms. The summed E-state index contributed by atoms with van der Waals surface area (Å²) < 4.78 is 0. The van der Waals surface area contributed by atoms with Crippen LogP contribution < -0.4 is 5.32 Å². The van der Waals surface area contributed by atoms with E-state index in [0.717, 1.165) is 25.1 Å². The summed E-state index contributed by atoms with van der Waals surface area (Å²) in [6.07, 6.45) is 2.65. The van der Waals surface area contributed by atoms with Crippen LogP contribution in [0, 0.1) is 0 Å². The van der Waals surface area contributed by atoms with Gasteiger partial charge in [-0.1, -0.05) is 24.3 Å². The van der Waals surface area contributed by atoms with Crippen molar-refractivity contribution in [3.8, 4) is 0 Å². The van der Waals surface area contributed by atoms with E-state index in [1.165, 1.54) is 16.9 Å². The van der Waals surface area contributed by atoms with Gasteiger partial charge in [0, 0.05) is 43.6 Å². The van der Waals surface area contributed by atoms with Crippen LogP contribution in [0.3, 0.4) is 0 Å². The molecule has 1 aliphatic heterocycles. The third-order valence-electron chi connectivity index (χ3n) is 4.39. The van der Waals surface area contributed by atoms with Crippen LogP contribution in [0.1, 0.15) is 17.5 Å². The first kappa shape index (κ1) is 14.0. The lowest BCUT2D eigenvalue weighted by molar-refractivity contribution is -0.132. The normalized spacial score (nSPS) is 22.6. The van der Waals surface area contributed by atoms with Crippen molar-refractivity contribution < 1.29 is 4.79 Å². The summed E-state index contributed by atoms with van der Waals surface area (Å²) in [6, 6.07) is 9.25. The molecule has 1 atom stereocenters. The van der Waals surface area contributed by atoms with Crippen molar-refractivity contribution in [1.82, 2.24) is 10.2 Å². The Labute approximate surface area is 125 Å². The molecule has 1 aromatic carbocycles. The van der Waals surface area contributed by atoms with Crippen molar-refractivity contribution in [2.75, 3.05) is 25.1 Å². The minimum atomic E-state index is 0.280. The molecule has 1 aliphatic carbocycles. The Morgan fingerprint density at radius 1 is 1.35 bits per heavy atom. The summed E-state index contributed by atoms with van der Waals surface area (Å²) >= 11 is 1.95. The second-order valence-corrected chi connectivity index (χ2v) is 6.92. The van der Waals surface area contributed by atoms with Gasteiger partial charge in [0.25, 0.3) is 0 Å². The van der Waals surface area contributed by atoms with Crippen LogP contribution in [0.5, 0.6) is 0 Å². The molecule has 0 radical (unpaired) electrons. The number of amides is 1. The van der Waals surface area contributed by atoms with E-state index in [1.54, 1.807) is 0 Å². The van der Waals surface area contributed by atoms with E-state index < -0.39 is 0 Å². The van der Waals surface area contributed by atoms with E-state index in [4.69, 9.17) is 0 Å². The lowest BCUT2D eigenvalue weighted by Crippen LogP contribution is -2.44. The molecule has 3 nitrogen and oxygen atoms in total. The maximum Gasteiger partial charge on any atom is 0.224 e. The molecule has 0 aromatic heterocycles. The van der Waals surface area contributed by atoms with Crippen LogP contribution in [-0.4, -0.2) is 48.0 Å². The van der Waals surface area contributed by atoms with Gasteiger partial charge in [-0.15, -0.1) is 0 Å². The summed E-state index contributed by atoms with van der Waals surface area (Å²) in [5.41, 5.74) is 2.81. The van der Waals surface area contributed by atoms with Crippen molar-refractivity contribution >= 4 is 17.7 Å². The summed E-state index contributed by atoms with van der Waals surface area (Å²) in [5.74, 6) is 2.51. The standard InChI is InChI=1S/C16H22N2OS/c1-18(16(19)10-14-11-20-7-6-17-14)15-8-12-4-2-3-5-13(12)9-15/h2-5,14-15,17H,6-11H2,1H3. The van der Waals surface area contributed by atoms with Gasteiger partial charge in [0.15, 0.2) is 0 Å². The first-order valence-corrected chi connectivity index (χ1v) is 8.53. The molecule has 1 heterocycles. The fraction of sp³-hybridized carbons (Fsp3) is 0.562. The van der Waals surface area contributed by atoms with Crippen LogP contribution in [0.4, 0.5) is 0 Å². The van der Waals surface area contributed by atoms with E-state index in [-0.39, 0.29) is 5.91 Å². The van der Waals surface area contributed by atoms with Crippen LogP contribution in [0.2, 0.25) is 0 Å². The van der Waals surface area contributed by atoms with Crippen molar-refractivity contribution in [3.63, 3.8) is 0 Å².